The van der Waals surface area contributed by atoms with Crippen LogP contribution in [0.3, 0.4) is 0 Å². The Bertz CT molecular complexity index is 237. The molecule has 0 heterocycles. The minimum Gasteiger partial charge on any atom is -0.319 e. The summed E-state index contributed by atoms with van der Waals surface area (Å²) in [6, 6.07) is 0. The van der Waals surface area contributed by atoms with E-state index in [4.69, 9.17) is 0 Å². The van der Waals surface area contributed by atoms with Crippen molar-refractivity contribution in [3.8, 4) is 0 Å². The largest absolute Gasteiger partial charge is 0.319 e. The molecular weight excluding hydrogens is 232 g/mol. The zero-order valence-corrected chi connectivity index (χ0v) is 14.0. The molecule has 2 nitrogen and oxygen atoms in total. The highest BCUT2D eigenvalue weighted by Crippen LogP contribution is 2.39. The first kappa shape index (κ1) is 17.0. The average molecular weight is 268 g/mol. The highest BCUT2D eigenvalue weighted by Gasteiger charge is 2.35. The van der Waals surface area contributed by atoms with E-state index in [1.165, 1.54) is 58.3 Å². The van der Waals surface area contributed by atoms with E-state index in [0.717, 1.165) is 11.8 Å². The maximum absolute atomic E-state index is 3.47. The van der Waals surface area contributed by atoms with Crippen molar-refractivity contribution in [1.29, 1.82) is 0 Å². The fourth-order valence-electron chi connectivity index (χ4n) is 3.85. The van der Waals surface area contributed by atoms with Crippen LogP contribution in [-0.2, 0) is 0 Å². The van der Waals surface area contributed by atoms with Crippen molar-refractivity contribution in [3.05, 3.63) is 0 Å². The predicted molar refractivity (Wildman–Crippen MR) is 85.6 cm³/mol. The lowest BCUT2D eigenvalue weighted by molar-refractivity contribution is 0.0770. The molecule has 3 unspecified atom stereocenters. The van der Waals surface area contributed by atoms with Gasteiger partial charge in [-0.15, -0.1) is 0 Å². The van der Waals surface area contributed by atoms with Crippen molar-refractivity contribution < 1.29 is 0 Å². The summed E-state index contributed by atoms with van der Waals surface area (Å²) in [7, 11) is 2.12. The van der Waals surface area contributed by atoms with Gasteiger partial charge in [0, 0.05) is 19.6 Å². The number of hydrogen-bond donors (Lipinski definition) is 1. The third-order valence-electron chi connectivity index (χ3n) is 5.01. The molecular formula is C17H36N2. The van der Waals surface area contributed by atoms with Gasteiger partial charge in [-0.25, -0.2) is 0 Å². The zero-order valence-electron chi connectivity index (χ0n) is 14.0. The van der Waals surface area contributed by atoms with Crippen LogP contribution in [0.4, 0.5) is 0 Å². The molecule has 0 aromatic heterocycles. The van der Waals surface area contributed by atoms with E-state index in [0.29, 0.717) is 5.41 Å². The van der Waals surface area contributed by atoms with Crippen LogP contribution in [0.5, 0.6) is 0 Å². The molecule has 3 atom stereocenters. The highest BCUT2D eigenvalue weighted by molar-refractivity contribution is 4.89. The lowest BCUT2D eigenvalue weighted by atomic mass is 9.69. The zero-order chi connectivity index (χ0) is 14.3. The van der Waals surface area contributed by atoms with Gasteiger partial charge in [0.25, 0.3) is 0 Å². The molecule has 1 aliphatic rings. The number of nitrogens with zero attached hydrogens (tertiary/aromatic N) is 1. The summed E-state index contributed by atoms with van der Waals surface area (Å²) in [6.07, 6.45) is 6.97. The second-order valence-corrected chi connectivity index (χ2v) is 7.07. The van der Waals surface area contributed by atoms with Gasteiger partial charge < -0.3 is 10.2 Å². The molecule has 1 rings (SSSR count). The Hall–Kier alpha value is -0.0800. The van der Waals surface area contributed by atoms with Crippen LogP contribution < -0.4 is 5.32 Å². The van der Waals surface area contributed by atoms with Crippen molar-refractivity contribution in [2.45, 2.75) is 59.8 Å². The summed E-state index contributed by atoms with van der Waals surface area (Å²) in [5.74, 6) is 1.73. The standard InChI is InChI=1S/C17H36N2/c1-6-15(3)12-19(7-2)14-17(13-18-5)10-8-9-16(4)11-17/h15-16,18H,6-14H2,1-5H3. The SMILES string of the molecule is CCC(C)CN(CC)CC1(CNC)CCCC(C)C1. The molecule has 0 bridgehead atoms. The molecule has 1 N–H and O–H groups in total. The Morgan fingerprint density at radius 1 is 1.37 bits per heavy atom. The maximum atomic E-state index is 3.47. The lowest BCUT2D eigenvalue weighted by Crippen LogP contribution is -2.47. The second-order valence-electron chi connectivity index (χ2n) is 7.07. The van der Waals surface area contributed by atoms with E-state index in [1.54, 1.807) is 0 Å². The van der Waals surface area contributed by atoms with Crippen molar-refractivity contribution >= 4 is 0 Å². The van der Waals surface area contributed by atoms with Crippen molar-refractivity contribution in [2.24, 2.45) is 17.3 Å². The fraction of sp³-hybridized carbons (Fsp3) is 1.00. The minimum atomic E-state index is 0.524. The molecule has 114 valence electrons. The van der Waals surface area contributed by atoms with E-state index in [2.05, 4.69) is 45.0 Å². The monoisotopic (exact) mass is 268 g/mol. The normalized spacial score (nSPS) is 29.7. The first-order valence-electron chi connectivity index (χ1n) is 8.42. The Labute approximate surface area is 121 Å². The molecule has 0 radical (unpaired) electrons. The van der Waals surface area contributed by atoms with Gasteiger partial charge in [0.1, 0.15) is 0 Å². The van der Waals surface area contributed by atoms with Gasteiger partial charge >= 0.3 is 0 Å². The fourth-order valence-corrected chi connectivity index (χ4v) is 3.85. The minimum absolute atomic E-state index is 0.524. The highest BCUT2D eigenvalue weighted by atomic mass is 15.1. The van der Waals surface area contributed by atoms with Crippen molar-refractivity contribution in [1.82, 2.24) is 10.2 Å². The summed E-state index contributed by atoms with van der Waals surface area (Å²) < 4.78 is 0. The van der Waals surface area contributed by atoms with Crippen LogP contribution in [0.2, 0.25) is 0 Å². The molecule has 0 saturated heterocycles. The molecule has 19 heavy (non-hydrogen) atoms. The van der Waals surface area contributed by atoms with Gasteiger partial charge in [0.15, 0.2) is 0 Å². The van der Waals surface area contributed by atoms with Crippen LogP contribution in [0.25, 0.3) is 0 Å². The Morgan fingerprint density at radius 3 is 2.63 bits per heavy atom. The van der Waals surface area contributed by atoms with Crippen LogP contribution in [0, 0.1) is 17.3 Å². The topological polar surface area (TPSA) is 15.3 Å². The molecule has 0 aliphatic heterocycles. The van der Waals surface area contributed by atoms with Gasteiger partial charge in [-0.3, -0.25) is 0 Å². The van der Waals surface area contributed by atoms with Gasteiger partial charge in [0.2, 0.25) is 0 Å². The quantitative estimate of drug-likeness (QED) is 0.721. The Morgan fingerprint density at radius 2 is 2.11 bits per heavy atom. The van der Waals surface area contributed by atoms with E-state index < -0.39 is 0 Å². The van der Waals surface area contributed by atoms with Gasteiger partial charge in [-0.2, -0.15) is 0 Å². The second kappa shape index (κ2) is 8.26. The van der Waals surface area contributed by atoms with Crippen molar-refractivity contribution in [3.63, 3.8) is 0 Å². The van der Waals surface area contributed by atoms with E-state index in [9.17, 15) is 0 Å². The molecule has 1 fully saturated rings. The molecule has 0 spiro atoms. The van der Waals surface area contributed by atoms with Crippen LogP contribution in [0.15, 0.2) is 0 Å². The molecule has 0 aromatic rings. The Kier molecular flexibility index (Phi) is 7.38. The predicted octanol–water partition coefficient (Wildman–Crippen LogP) is 3.77. The van der Waals surface area contributed by atoms with E-state index in [-0.39, 0.29) is 0 Å². The summed E-state index contributed by atoms with van der Waals surface area (Å²) in [5.41, 5.74) is 0.524. The smallest absolute Gasteiger partial charge is 0.00502 e. The lowest BCUT2D eigenvalue weighted by Gasteiger charge is -2.43. The summed E-state index contributed by atoms with van der Waals surface area (Å²) in [5, 5.41) is 3.47. The van der Waals surface area contributed by atoms with Crippen LogP contribution in [-0.4, -0.2) is 38.1 Å². The van der Waals surface area contributed by atoms with E-state index >= 15 is 0 Å². The third kappa shape index (κ3) is 5.43. The van der Waals surface area contributed by atoms with Gasteiger partial charge in [-0.05, 0) is 43.7 Å². The van der Waals surface area contributed by atoms with Crippen LogP contribution >= 0.6 is 0 Å². The van der Waals surface area contributed by atoms with Crippen molar-refractivity contribution in [2.75, 3.05) is 33.2 Å². The maximum Gasteiger partial charge on any atom is 0.00502 e. The molecule has 0 amide bonds. The Balaban J connectivity index is 2.64. The summed E-state index contributed by atoms with van der Waals surface area (Å²) in [6.45, 7) is 14.4. The van der Waals surface area contributed by atoms with Gasteiger partial charge in [0.05, 0.1) is 0 Å². The molecule has 1 aliphatic carbocycles. The van der Waals surface area contributed by atoms with Crippen LogP contribution in [0.1, 0.15) is 59.8 Å². The molecule has 1 saturated carbocycles. The summed E-state index contributed by atoms with van der Waals surface area (Å²) >= 11 is 0. The average Bonchev–Trinajstić information content (AvgIpc) is 2.38. The van der Waals surface area contributed by atoms with Gasteiger partial charge in [-0.1, -0.05) is 47.0 Å². The molecule has 2 heteroatoms. The first-order chi connectivity index (χ1) is 9.05. The molecule has 0 aromatic carbocycles. The third-order valence-corrected chi connectivity index (χ3v) is 5.01. The first-order valence-corrected chi connectivity index (χ1v) is 8.42. The summed E-state index contributed by atoms with van der Waals surface area (Å²) in [4.78, 5) is 2.70. The number of nitrogens with one attached hydrogen (secondary N) is 1. The van der Waals surface area contributed by atoms with E-state index in [1.807, 2.05) is 0 Å². The number of rotatable bonds is 8. The number of hydrogen-bond acceptors (Lipinski definition) is 2.